The van der Waals surface area contributed by atoms with Crippen LogP contribution in [-0.2, 0) is 4.74 Å². The van der Waals surface area contributed by atoms with Gasteiger partial charge in [0.15, 0.2) is 0 Å². The Morgan fingerprint density at radius 2 is 2.30 bits per heavy atom. The van der Waals surface area contributed by atoms with Crippen molar-refractivity contribution in [2.45, 2.75) is 13.8 Å². The van der Waals surface area contributed by atoms with Crippen molar-refractivity contribution >= 4 is 23.2 Å². The fraction of sp³-hybridized carbons (Fsp3) is 0.667. The average Bonchev–Trinajstić information content (AvgIpc) is 1.85. The van der Waals surface area contributed by atoms with Gasteiger partial charge in [-0.1, -0.05) is 12.2 Å². The summed E-state index contributed by atoms with van der Waals surface area (Å²) in [6, 6.07) is 0. The number of carbonyl (C=O) groups excluding carboxylic acids is 1. The zero-order valence-corrected chi connectivity index (χ0v) is 6.96. The van der Waals surface area contributed by atoms with Crippen LogP contribution in [0.3, 0.4) is 0 Å². The molecule has 1 amide bonds. The van der Waals surface area contributed by atoms with Crippen LogP contribution in [0, 0.1) is 0 Å². The first kappa shape index (κ1) is 9.36. The summed E-state index contributed by atoms with van der Waals surface area (Å²) >= 11 is 4.69. The van der Waals surface area contributed by atoms with Crippen molar-refractivity contribution in [1.29, 1.82) is 0 Å². The van der Waals surface area contributed by atoms with Gasteiger partial charge in [0.25, 0.3) is 0 Å². The summed E-state index contributed by atoms with van der Waals surface area (Å²) in [5, 5.41) is 2.48. The number of nitrogens with one attached hydrogen (secondary N) is 1. The smallest absolute Gasteiger partial charge is 0.407 e. The van der Waals surface area contributed by atoms with Crippen molar-refractivity contribution in [1.82, 2.24) is 5.32 Å². The fourth-order valence-corrected chi connectivity index (χ4v) is 0.421. The number of carbonyl (C=O) groups is 1. The highest BCUT2D eigenvalue weighted by Gasteiger charge is 1.97. The largest absolute Gasteiger partial charge is 0.444 e. The van der Waals surface area contributed by atoms with Gasteiger partial charge in [-0.3, -0.25) is 0 Å². The Bertz CT molecular complexity index is 136. The zero-order valence-electron chi connectivity index (χ0n) is 6.14. The number of hydrogen-bond donors (Lipinski definition) is 1. The Morgan fingerprint density at radius 1 is 1.70 bits per heavy atom. The molecule has 0 atom stereocenters. The lowest BCUT2D eigenvalue weighted by Crippen LogP contribution is -2.25. The van der Waals surface area contributed by atoms with Crippen molar-refractivity contribution in [3.63, 3.8) is 0 Å². The number of thiocarbonyl (C=S) groups is 1. The van der Waals surface area contributed by atoms with Crippen molar-refractivity contribution in [3.05, 3.63) is 0 Å². The Hall–Kier alpha value is -0.640. The zero-order chi connectivity index (χ0) is 7.98. The molecular weight excluding hydrogens is 150 g/mol. The van der Waals surface area contributed by atoms with E-state index in [1.54, 1.807) is 6.92 Å². The number of rotatable bonds is 3. The van der Waals surface area contributed by atoms with Gasteiger partial charge in [0, 0.05) is 11.4 Å². The third-order valence-corrected chi connectivity index (χ3v) is 0.845. The van der Waals surface area contributed by atoms with E-state index in [4.69, 9.17) is 12.2 Å². The van der Waals surface area contributed by atoms with E-state index in [1.165, 1.54) is 0 Å². The number of alkyl carbamates (subject to hydrolysis) is 1. The first-order valence-corrected chi connectivity index (χ1v) is 3.47. The molecule has 0 spiro atoms. The van der Waals surface area contributed by atoms with Crippen LogP contribution in [0.4, 0.5) is 4.79 Å². The van der Waals surface area contributed by atoms with Gasteiger partial charge in [-0.25, -0.2) is 4.79 Å². The van der Waals surface area contributed by atoms with Crippen molar-refractivity contribution < 1.29 is 9.53 Å². The topological polar surface area (TPSA) is 38.3 Å². The summed E-state index contributed by atoms with van der Waals surface area (Å²) in [5.41, 5.74) is 0. The second-order valence-corrected chi connectivity index (χ2v) is 2.51. The van der Waals surface area contributed by atoms with E-state index >= 15 is 0 Å². The van der Waals surface area contributed by atoms with Gasteiger partial charge in [0.1, 0.15) is 6.61 Å². The molecule has 58 valence electrons. The summed E-state index contributed by atoms with van der Waals surface area (Å²) in [7, 11) is 0. The second kappa shape index (κ2) is 5.17. The van der Waals surface area contributed by atoms with E-state index in [0.29, 0.717) is 11.4 Å². The molecule has 0 aliphatic rings. The molecule has 0 rings (SSSR count). The standard InChI is InChI=1S/C6H11NO2S/c1-3-7-6(8)9-4-5(2)10/h3-4H2,1-2H3,(H,7,8). The molecule has 0 bridgehead atoms. The SMILES string of the molecule is CCNC(=O)OCC(C)=S. The van der Waals surface area contributed by atoms with E-state index in [1.807, 2.05) is 6.92 Å². The number of amides is 1. The first-order valence-electron chi connectivity index (χ1n) is 3.07. The Balaban J connectivity index is 3.30. The van der Waals surface area contributed by atoms with E-state index in [0.717, 1.165) is 0 Å². The van der Waals surface area contributed by atoms with Gasteiger partial charge < -0.3 is 10.1 Å². The molecule has 10 heavy (non-hydrogen) atoms. The molecule has 0 unspecified atom stereocenters. The fourth-order valence-electron chi connectivity index (χ4n) is 0.363. The van der Waals surface area contributed by atoms with Crippen molar-refractivity contribution in [2.24, 2.45) is 0 Å². The molecule has 0 aliphatic carbocycles. The first-order chi connectivity index (χ1) is 4.66. The molecule has 0 radical (unpaired) electrons. The monoisotopic (exact) mass is 161 g/mol. The molecule has 0 saturated carbocycles. The summed E-state index contributed by atoms with van der Waals surface area (Å²) in [6.07, 6.45) is -0.410. The van der Waals surface area contributed by atoms with Gasteiger partial charge in [-0.2, -0.15) is 0 Å². The summed E-state index contributed by atoms with van der Waals surface area (Å²) in [4.78, 5) is 11.2. The molecule has 0 aliphatic heterocycles. The predicted molar refractivity (Wildman–Crippen MR) is 43.3 cm³/mol. The molecule has 3 nitrogen and oxygen atoms in total. The molecule has 1 N–H and O–H groups in total. The van der Waals surface area contributed by atoms with Gasteiger partial charge >= 0.3 is 6.09 Å². The van der Waals surface area contributed by atoms with Crippen LogP contribution in [0.2, 0.25) is 0 Å². The predicted octanol–water partition coefficient (Wildman–Crippen LogP) is 1.12. The van der Waals surface area contributed by atoms with Crippen LogP contribution in [0.1, 0.15) is 13.8 Å². The highest BCUT2D eigenvalue weighted by molar-refractivity contribution is 7.80. The van der Waals surface area contributed by atoms with E-state index in [2.05, 4.69) is 10.1 Å². The minimum Gasteiger partial charge on any atom is -0.444 e. The molecule has 0 aromatic rings. The van der Waals surface area contributed by atoms with E-state index in [-0.39, 0.29) is 6.61 Å². The maximum Gasteiger partial charge on any atom is 0.407 e. The second-order valence-electron chi connectivity index (χ2n) is 1.81. The Morgan fingerprint density at radius 3 is 2.70 bits per heavy atom. The molecule has 0 heterocycles. The molecule has 0 fully saturated rings. The summed E-state index contributed by atoms with van der Waals surface area (Å²) < 4.78 is 4.65. The highest BCUT2D eigenvalue weighted by Crippen LogP contribution is 1.80. The highest BCUT2D eigenvalue weighted by atomic mass is 32.1. The van der Waals surface area contributed by atoms with Crippen LogP contribution in [-0.4, -0.2) is 24.1 Å². The molecule has 0 aromatic heterocycles. The third-order valence-electron chi connectivity index (χ3n) is 0.728. The quantitative estimate of drug-likeness (QED) is 0.630. The van der Waals surface area contributed by atoms with Gasteiger partial charge in [0.05, 0.1) is 0 Å². The van der Waals surface area contributed by atoms with E-state index < -0.39 is 6.09 Å². The van der Waals surface area contributed by atoms with Crippen molar-refractivity contribution in [3.8, 4) is 0 Å². The minimum absolute atomic E-state index is 0.223. The lowest BCUT2D eigenvalue weighted by Gasteiger charge is -2.02. The molecule has 4 heteroatoms. The summed E-state index contributed by atoms with van der Waals surface area (Å²) in [5.74, 6) is 0. The summed E-state index contributed by atoms with van der Waals surface area (Å²) in [6.45, 7) is 4.36. The molecular formula is C6H11NO2S. The van der Waals surface area contributed by atoms with Gasteiger partial charge in [-0.05, 0) is 13.8 Å². The van der Waals surface area contributed by atoms with Gasteiger partial charge in [0.2, 0.25) is 0 Å². The minimum atomic E-state index is -0.410. The number of hydrogen-bond acceptors (Lipinski definition) is 3. The maximum absolute atomic E-state index is 10.6. The third kappa shape index (κ3) is 5.50. The lowest BCUT2D eigenvalue weighted by atomic mass is 10.5. The normalized spacial score (nSPS) is 8.60. The van der Waals surface area contributed by atoms with Gasteiger partial charge in [-0.15, -0.1) is 0 Å². The molecule has 0 aromatic carbocycles. The van der Waals surface area contributed by atoms with Crippen LogP contribution >= 0.6 is 12.2 Å². The number of ether oxygens (including phenoxy) is 1. The maximum atomic E-state index is 10.6. The Kier molecular flexibility index (Phi) is 4.84. The Labute approximate surface area is 65.7 Å². The van der Waals surface area contributed by atoms with Crippen LogP contribution in [0.25, 0.3) is 0 Å². The molecule has 0 saturated heterocycles. The van der Waals surface area contributed by atoms with Crippen LogP contribution < -0.4 is 5.32 Å². The van der Waals surface area contributed by atoms with Crippen LogP contribution in [0.15, 0.2) is 0 Å². The van der Waals surface area contributed by atoms with E-state index in [9.17, 15) is 4.79 Å². The average molecular weight is 161 g/mol. The lowest BCUT2D eigenvalue weighted by molar-refractivity contribution is 0.163. The van der Waals surface area contributed by atoms with Crippen molar-refractivity contribution in [2.75, 3.05) is 13.2 Å². The van der Waals surface area contributed by atoms with Crippen LogP contribution in [0.5, 0.6) is 0 Å².